The standard InChI is InChI=1S/C24H29N3O4.C13H12N2/c1-4-6-22(28)26-15-8-10-17-18-11-9-16(27-23(29)7-5-2)13-20(18)21(19(17)12-15)14-31-24(30)25-3;14-10-1-3-12-8(6-10)5-9-7-11(15)2-4-13(9)12/h8-13,21H,4-7,14H2,1-3H3,(H,25,30)(H,26,28)(H,27,29);1-4,6-7H,5,14-15H2. The maximum atomic E-state index is 12.0. The fourth-order valence-corrected chi connectivity index (χ4v) is 6.08. The maximum absolute atomic E-state index is 12.0. The number of benzene rings is 4. The lowest BCUT2D eigenvalue weighted by atomic mass is 9.97. The zero-order chi connectivity index (χ0) is 32.8. The van der Waals surface area contributed by atoms with E-state index >= 15 is 0 Å². The summed E-state index contributed by atoms with van der Waals surface area (Å²) in [6.45, 7) is 4.07. The Morgan fingerprint density at radius 3 is 1.59 bits per heavy atom. The van der Waals surface area contributed by atoms with Crippen LogP contribution in [0.4, 0.5) is 27.5 Å². The molecule has 0 fully saturated rings. The minimum Gasteiger partial charge on any atom is -0.449 e. The van der Waals surface area contributed by atoms with Gasteiger partial charge in [-0.1, -0.05) is 38.1 Å². The van der Waals surface area contributed by atoms with Crippen LogP contribution in [0.5, 0.6) is 0 Å². The Kier molecular flexibility index (Phi) is 9.91. The lowest BCUT2D eigenvalue weighted by Crippen LogP contribution is -2.22. The summed E-state index contributed by atoms with van der Waals surface area (Å²) in [4.78, 5) is 35.8. The predicted molar refractivity (Wildman–Crippen MR) is 185 cm³/mol. The molecule has 0 atom stereocenters. The van der Waals surface area contributed by atoms with Crippen LogP contribution in [-0.4, -0.2) is 31.6 Å². The van der Waals surface area contributed by atoms with Gasteiger partial charge in [-0.15, -0.1) is 0 Å². The molecule has 9 heteroatoms. The van der Waals surface area contributed by atoms with Crippen molar-refractivity contribution in [3.63, 3.8) is 0 Å². The number of amides is 3. The molecule has 6 rings (SSSR count). The van der Waals surface area contributed by atoms with Crippen LogP contribution >= 0.6 is 0 Å². The van der Waals surface area contributed by atoms with Crippen molar-refractivity contribution >= 4 is 40.7 Å². The lowest BCUT2D eigenvalue weighted by Gasteiger charge is -2.16. The van der Waals surface area contributed by atoms with Crippen molar-refractivity contribution in [2.75, 3.05) is 35.8 Å². The number of alkyl carbamates (subject to hydrolysis) is 1. The second kappa shape index (κ2) is 14.2. The van der Waals surface area contributed by atoms with Gasteiger partial charge in [0.1, 0.15) is 6.61 Å². The maximum Gasteiger partial charge on any atom is 0.406 e. The minimum absolute atomic E-state index is 0.0305. The van der Waals surface area contributed by atoms with E-state index in [0.717, 1.165) is 52.9 Å². The topological polar surface area (TPSA) is 149 Å². The highest BCUT2D eigenvalue weighted by Gasteiger charge is 2.30. The van der Waals surface area contributed by atoms with Gasteiger partial charge in [0.25, 0.3) is 0 Å². The van der Waals surface area contributed by atoms with Crippen molar-refractivity contribution in [1.29, 1.82) is 0 Å². The van der Waals surface area contributed by atoms with E-state index in [0.29, 0.717) is 24.2 Å². The molecule has 46 heavy (non-hydrogen) atoms. The van der Waals surface area contributed by atoms with Crippen molar-refractivity contribution in [1.82, 2.24) is 5.32 Å². The van der Waals surface area contributed by atoms with Gasteiger partial charge in [-0.05, 0) is 112 Å². The molecular formula is C37H41N5O4. The molecule has 238 valence electrons. The van der Waals surface area contributed by atoms with Gasteiger partial charge in [-0.25, -0.2) is 4.79 Å². The summed E-state index contributed by atoms with van der Waals surface area (Å²) in [5.74, 6) is -0.262. The normalized spacial score (nSPS) is 12.1. The highest BCUT2D eigenvalue weighted by Crippen LogP contribution is 2.47. The largest absolute Gasteiger partial charge is 0.449 e. The summed E-state index contributed by atoms with van der Waals surface area (Å²) in [5.41, 5.74) is 23.8. The number of hydrogen-bond acceptors (Lipinski definition) is 6. The molecular weight excluding hydrogens is 578 g/mol. The van der Waals surface area contributed by atoms with Crippen LogP contribution in [0.2, 0.25) is 0 Å². The predicted octanol–water partition coefficient (Wildman–Crippen LogP) is 7.05. The number of carbonyl (C=O) groups excluding carboxylic acids is 3. The lowest BCUT2D eigenvalue weighted by molar-refractivity contribution is -0.117. The monoisotopic (exact) mass is 619 g/mol. The fourth-order valence-electron chi connectivity index (χ4n) is 6.08. The molecule has 0 saturated heterocycles. The van der Waals surface area contributed by atoms with E-state index in [-0.39, 0.29) is 24.3 Å². The van der Waals surface area contributed by atoms with Gasteiger partial charge in [-0.3, -0.25) is 9.59 Å². The van der Waals surface area contributed by atoms with Gasteiger partial charge in [0, 0.05) is 48.6 Å². The third-order valence-electron chi connectivity index (χ3n) is 8.18. The van der Waals surface area contributed by atoms with E-state index in [9.17, 15) is 14.4 Å². The van der Waals surface area contributed by atoms with Gasteiger partial charge >= 0.3 is 6.09 Å². The molecule has 9 nitrogen and oxygen atoms in total. The van der Waals surface area contributed by atoms with Crippen LogP contribution in [0.3, 0.4) is 0 Å². The summed E-state index contributed by atoms with van der Waals surface area (Å²) >= 11 is 0. The number of nitrogens with one attached hydrogen (secondary N) is 3. The molecule has 0 saturated carbocycles. The molecule has 0 unspecified atom stereocenters. The number of nitrogen functional groups attached to an aromatic ring is 2. The Hall–Kier alpha value is -5.31. The van der Waals surface area contributed by atoms with Crippen molar-refractivity contribution in [2.24, 2.45) is 0 Å². The highest BCUT2D eigenvalue weighted by atomic mass is 16.5. The first-order valence-corrected chi connectivity index (χ1v) is 15.7. The van der Waals surface area contributed by atoms with Crippen LogP contribution < -0.4 is 27.4 Å². The molecule has 2 aliphatic rings. The number of ether oxygens (including phenoxy) is 1. The molecule has 0 aliphatic heterocycles. The van der Waals surface area contributed by atoms with E-state index in [2.05, 4.69) is 28.1 Å². The van der Waals surface area contributed by atoms with Crippen molar-refractivity contribution < 1.29 is 19.1 Å². The third-order valence-corrected chi connectivity index (χ3v) is 8.18. The van der Waals surface area contributed by atoms with Crippen LogP contribution in [0.25, 0.3) is 22.3 Å². The second-order valence-electron chi connectivity index (χ2n) is 11.6. The molecule has 0 radical (unpaired) electrons. The Labute approximate surface area is 269 Å². The molecule has 0 aromatic heterocycles. The SMILES string of the molecule is CCCC(=O)Nc1ccc2c(c1)C(COC(=O)NC)c1cc(NC(=O)CCC)ccc1-2.Nc1ccc2c(c1)Cc1cc(N)ccc1-2. The number of fused-ring (bicyclic) bond motifs is 6. The van der Waals surface area contributed by atoms with Crippen LogP contribution in [0.15, 0.2) is 72.8 Å². The number of hydrogen-bond donors (Lipinski definition) is 5. The summed E-state index contributed by atoms with van der Waals surface area (Å²) in [6, 6.07) is 23.8. The second-order valence-corrected chi connectivity index (χ2v) is 11.6. The summed E-state index contributed by atoms with van der Waals surface area (Å²) in [6.07, 6.45) is 2.91. The van der Waals surface area contributed by atoms with Gasteiger partial charge in [-0.2, -0.15) is 0 Å². The van der Waals surface area contributed by atoms with E-state index in [4.69, 9.17) is 16.2 Å². The summed E-state index contributed by atoms with van der Waals surface area (Å²) in [7, 11) is 1.52. The Morgan fingerprint density at radius 1 is 0.696 bits per heavy atom. The zero-order valence-corrected chi connectivity index (χ0v) is 26.5. The van der Waals surface area contributed by atoms with Crippen molar-refractivity contribution in [2.45, 2.75) is 51.9 Å². The molecule has 3 amide bonds. The van der Waals surface area contributed by atoms with E-state index in [1.165, 1.54) is 29.3 Å². The number of carbonyl (C=O) groups is 3. The Morgan fingerprint density at radius 2 is 1.15 bits per heavy atom. The molecule has 4 aromatic rings. The third kappa shape index (κ3) is 7.15. The highest BCUT2D eigenvalue weighted by molar-refractivity contribution is 5.94. The molecule has 7 N–H and O–H groups in total. The zero-order valence-electron chi connectivity index (χ0n) is 26.5. The minimum atomic E-state index is -0.505. The molecule has 0 heterocycles. The summed E-state index contributed by atoms with van der Waals surface area (Å²) < 4.78 is 5.38. The first-order valence-electron chi connectivity index (χ1n) is 15.7. The first-order chi connectivity index (χ1) is 22.2. The molecule has 4 aromatic carbocycles. The number of rotatable bonds is 8. The van der Waals surface area contributed by atoms with Crippen LogP contribution in [0, 0.1) is 0 Å². The van der Waals surface area contributed by atoms with E-state index < -0.39 is 6.09 Å². The van der Waals surface area contributed by atoms with Gasteiger partial charge in [0.15, 0.2) is 0 Å². The molecule has 2 aliphatic carbocycles. The van der Waals surface area contributed by atoms with Gasteiger partial charge in [0.05, 0.1) is 0 Å². The van der Waals surface area contributed by atoms with E-state index in [1.807, 2.05) is 74.5 Å². The average molecular weight is 620 g/mol. The smallest absolute Gasteiger partial charge is 0.406 e. The fraction of sp³-hybridized carbons (Fsp3) is 0.270. The number of nitrogens with two attached hydrogens (primary N) is 2. The van der Waals surface area contributed by atoms with Gasteiger partial charge < -0.3 is 32.2 Å². The number of anilines is 4. The average Bonchev–Trinajstić information content (AvgIpc) is 3.53. The molecule has 0 spiro atoms. The van der Waals surface area contributed by atoms with Crippen LogP contribution in [0.1, 0.15) is 67.7 Å². The Bertz CT molecular complexity index is 1670. The quantitative estimate of drug-likeness (QED) is 0.118. The van der Waals surface area contributed by atoms with Crippen LogP contribution in [-0.2, 0) is 20.7 Å². The van der Waals surface area contributed by atoms with Crippen molar-refractivity contribution in [3.05, 3.63) is 95.1 Å². The Balaban J connectivity index is 0.000000229. The first kappa shape index (κ1) is 32.1. The van der Waals surface area contributed by atoms with Crippen molar-refractivity contribution in [3.8, 4) is 22.3 Å². The summed E-state index contributed by atoms with van der Waals surface area (Å²) in [5, 5.41) is 8.33. The van der Waals surface area contributed by atoms with E-state index in [1.54, 1.807) is 0 Å². The van der Waals surface area contributed by atoms with Gasteiger partial charge in [0.2, 0.25) is 11.8 Å². The molecule has 0 bridgehead atoms.